The first-order valence-corrected chi connectivity index (χ1v) is 5.66. The molecule has 0 bridgehead atoms. The second kappa shape index (κ2) is 4.56. The third-order valence-corrected chi connectivity index (χ3v) is 3.15. The van der Waals surface area contributed by atoms with Crippen LogP contribution in [0.25, 0.3) is 0 Å². The van der Waals surface area contributed by atoms with E-state index in [1.165, 1.54) is 6.07 Å². The molecule has 0 saturated carbocycles. The molecule has 1 aliphatic rings. The minimum absolute atomic E-state index is 0.137. The monoisotopic (exact) mass is 244 g/mol. The zero-order valence-corrected chi connectivity index (χ0v) is 9.35. The predicted molar refractivity (Wildman–Crippen MR) is 60.7 cm³/mol. The maximum Gasteiger partial charge on any atom is 0.416 e. The number of anilines is 1. The van der Waals surface area contributed by atoms with Gasteiger partial charge in [-0.05, 0) is 43.0 Å². The van der Waals surface area contributed by atoms with E-state index in [-0.39, 0.29) is 17.2 Å². The van der Waals surface area contributed by atoms with Crippen LogP contribution in [0.1, 0.15) is 29.9 Å². The SMILES string of the molecule is Nc1cccc(C(F)(F)F)c1C1CCCNC1. The van der Waals surface area contributed by atoms with Crippen LogP contribution in [0.3, 0.4) is 0 Å². The number of piperidine rings is 1. The van der Waals surface area contributed by atoms with Gasteiger partial charge in [0, 0.05) is 12.2 Å². The molecule has 0 spiro atoms. The topological polar surface area (TPSA) is 38.0 Å². The van der Waals surface area contributed by atoms with Gasteiger partial charge in [-0.3, -0.25) is 0 Å². The van der Waals surface area contributed by atoms with E-state index in [1.54, 1.807) is 6.07 Å². The van der Waals surface area contributed by atoms with Crippen molar-refractivity contribution in [3.63, 3.8) is 0 Å². The fraction of sp³-hybridized carbons (Fsp3) is 0.500. The highest BCUT2D eigenvalue weighted by Gasteiger charge is 2.36. The molecule has 94 valence electrons. The average molecular weight is 244 g/mol. The maximum atomic E-state index is 12.9. The fourth-order valence-corrected chi connectivity index (χ4v) is 2.38. The third-order valence-electron chi connectivity index (χ3n) is 3.15. The van der Waals surface area contributed by atoms with E-state index in [9.17, 15) is 13.2 Å². The quantitative estimate of drug-likeness (QED) is 0.745. The van der Waals surface area contributed by atoms with Gasteiger partial charge in [0.05, 0.1) is 5.56 Å². The summed E-state index contributed by atoms with van der Waals surface area (Å²) in [6.45, 7) is 1.43. The number of nitrogens with one attached hydrogen (secondary N) is 1. The van der Waals surface area contributed by atoms with E-state index in [1.807, 2.05) is 0 Å². The second-order valence-corrected chi connectivity index (χ2v) is 4.35. The lowest BCUT2D eigenvalue weighted by Crippen LogP contribution is -2.30. The number of alkyl halides is 3. The van der Waals surface area contributed by atoms with Crippen molar-refractivity contribution >= 4 is 5.69 Å². The van der Waals surface area contributed by atoms with Crippen molar-refractivity contribution in [2.75, 3.05) is 18.8 Å². The molecule has 2 rings (SSSR count). The molecule has 1 saturated heterocycles. The van der Waals surface area contributed by atoms with Gasteiger partial charge >= 0.3 is 6.18 Å². The molecule has 1 aromatic carbocycles. The minimum atomic E-state index is -4.33. The Balaban J connectivity index is 2.43. The Hall–Kier alpha value is -1.23. The van der Waals surface area contributed by atoms with Crippen LogP contribution in [0.4, 0.5) is 18.9 Å². The van der Waals surface area contributed by atoms with Gasteiger partial charge in [-0.15, -0.1) is 0 Å². The summed E-state index contributed by atoms with van der Waals surface area (Å²) in [5.74, 6) is -0.137. The van der Waals surface area contributed by atoms with Crippen LogP contribution >= 0.6 is 0 Å². The summed E-state index contributed by atoms with van der Waals surface area (Å²) in [6, 6.07) is 4.01. The van der Waals surface area contributed by atoms with E-state index in [2.05, 4.69) is 5.32 Å². The van der Waals surface area contributed by atoms with Gasteiger partial charge < -0.3 is 11.1 Å². The van der Waals surface area contributed by atoms with Gasteiger partial charge in [0.1, 0.15) is 0 Å². The van der Waals surface area contributed by atoms with Crippen LogP contribution in [-0.4, -0.2) is 13.1 Å². The predicted octanol–water partition coefficient (Wildman–Crippen LogP) is 2.75. The zero-order valence-electron chi connectivity index (χ0n) is 9.35. The van der Waals surface area contributed by atoms with Gasteiger partial charge in [0.2, 0.25) is 0 Å². The van der Waals surface area contributed by atoms with Crippen LogP contribution < -0.4 is 11.1 Å². The first-order valence-electron chi connectivity index (χ1n) is 5.66. The van der Waals surface area contributed by atoms with Crippen molar-refractivity contribution < 1.29 is 13.2 Å². The summed E-state index contributed by atoms with van der Waals surface area (Å²) in [7, 11) is 0. The highest BCUT2D eigenvalue weighted by molar-refractivity contribution is 5.54. The number of hydrogen-bond donors (Lipinski definition) is 2. The van der Waals surface area contributed by atoms with Gasteiger partial charge in [0.15, 0.2) is 0 Å². The Morgan fingerprint density at radius 2 is 2.06 bits per heavy atom. The lowest BCUT2D eigenvalue weighted by Gasteiger charge is -2.27. The molecule has 0 amide bonds. The standard InChI is InChI=1S/C12H15F3N2/c13-12(14,15)9-4-1-5-10(16)11(9)8-3-2-6-17-7-8/h1,4-5,8,17H,2-3,6-7,16H2. The van der Waals surface area contributed by atoms with Crippen LogP contribution in [-0.2, 0) is 6.18 Å². The molecule has 1 atom stereocenters. The van der Waals surface area contributed by atoms with Crippen molar-refractivity contribution in [1.29, 1.82) is 0 Å². The molecule has 2 nitrogen and oxygen atoms in total. The number of hydrogen-bond acceptors (Lipinski definition) is 2. The van der Waals surface area contributed by atoms with E-state index in [4.69, 9.17) is 5.73 Å². The first-order chi connectivity index (χ1) is 8.00. The first kappa shape index (κ1) is 12.2. The highest BCUT2D eigenvalue weighted by Crippen LogP contribution is 2.39. The molecule has 5 heteroatoms. The smallest absolute Gasteiger partial charge is 0.398 e. The summed E-state index contributed by atoms with van der Waals surface area (Å²) >= 11 is 0. The number of rotatable bonds is 1. The molecule has 0 radical (unpaired) electrons. The fourth-order valence-electron chi connectivity index (χ4n) is 2.38. The normalized spacial score (nSPS) is 21.5. The second-order valence-electron chi connectivity index (χ2n) is 4.35. The van der Waals surface area contributed by atoms with E-state index in [0.717, 1.165) is 25.5 Å². The molecule has 1 heterocycles. The molecule has 0 aromatic heterocycles. The van der Waals surface area contributed by atoms with Crippen LogP contribution in [0.2, 0.25) is 0 Å². The summed E-state index contributed by atoms with van der Waals surface area (Å²) < 4.78 is 38.7. The van der Waals surface area contributed by atoms with Crippen molar-refractivity contribution in [3.8, 4) is 0 Å². The van der Waals surface area contributed by atoms with Crippen LogP contribution in [0.15, 0.2) is 18.2 Å². The Bertz CT molecular complexity index is 395. The van der Waals surface area contributed by atoms with Crippen molar-refractivity contribution in [3.05, 3.63) is 29.3 Å². The lowest BCUT2D eigenvalue weighted by molar-refractivity contribution is -0.138. The van der Waals surface area contributed by atoms with Gasteiger partial charge in [-0.2, -0.15) is 13.2 Å². The van der Waals surface area contributed by atoms with Crippen molar-refractivity contribution in [2.24, 2.45) is 0 Å². The lowest BCUT2D eigenvalue weighted by atomic mass is 9.87. The molecular weight excluding hydrogens is 229 g/mol. The largest absolute Gasteiger partial charge is 0.416 e. The highest BCUT2D eigenvalue weighted by atomic mass is 19.4. The molecule has 1 aromatic rings. The summed E-state index contributed by atoms with van der Waals surface area (Å²) in [5.41, 5.74) is 5.63. The molecule has 1 fully saturated rings. The van der Waals surface area contributed by atoms with E-state index < -0.39 is 11.7 Å². The molecular formula is C12H15F3N2. The number of halogens is 3. The maximum absolute atomic E-state index is 12.9. The molecule has 0 aliphatic carbocycles. The molecule has 1 aliphatic heterocycles. The zero-order chi connectivity index (χ0) is 12.5. The van der Waals surface area contributed by atoms with Crippen LogP contribution in [0.5, 0.6) is 0 Å². The van der Waals surface area contributed by atoms with E-state index >= 15 is 0 Å². The third kappa shape index (κ3) is 2.54. The van der Waals surface area contributed by atoms with Crippen LogP contribution in [0, 0.1) is 0 Å². The number of nitrogens with two attached hydrogens (primary N) is 1. The van der Waals surface area contributed by atoms with Gasteiger partial charge in [-0.25, -0.2) is 0 Å². The Morgan fingerprint density at radius 1 is 1.29 bits per heavy atom. The van der Waals surface area contributed by atoms with Gasteiger partial charge in [0.25, 0.3) is 0 Å². The Morgan fingerprint density at radius 3 is 2.65 bits per heavy atom. The molecule has 1 unspecified atom stereocenters. The van der Waals surface area contributed by atoms with Crippen molar-refractivity contribution in [2.45, 2.75) is 24.9 Å². The Labute approximate surface area is 98.0 Å². The summed E-state index contributed by atoms with van der Waals surface area (Å²) in [4.78, 5) is 0. The van der Waals surface area contributed by atoms with Gasteiger partial charge in [-0.1, -0.05) is 6.07 Å². The Kier molecular flexibility index (Phi) is 3.28. The molecule has 3 N–H and O–H groups in total. The average Bonchev–Trinajstić information content (AvgIpc) is 2.28. The minimum Gasteiger partial charge on any atom is -0.398 e. The van der Waals surface area contributed by atoms with Crippen molar-refractivity contribution in [1.82, 2.24) is 5.32 Å². The van der Waals surface area contributed by atoms with E-state index in [0.29, 0.717) is 6.54 Å². The summed E-state index contributed by atoms with van der Waals surface area (Å²) in [6.07, 6.45) is -2.69. The number of benzene rings is 1. The summed E-state index contributed by atoms with van der Waals surface area (Å²) in [5, 5.41) is 3.12. The molecule has 17 heavy (non-hydrogen) atoms. The number of nitrogen functional groups attached to an aromatic ring is 1.